The zero-order chi connectivity index (χ0) is 28.6. The lowest BCUT2D eigenvalue weighted by Gasteiger charge is -2.45. The van der Waals surface area contributed by atoms with Crippen LogP contribution in [0.1, 0.15) is 84.0 Å². The Balaban J connectivity index is 1.26. The second-order valence-electron chi connectivity index (χ2n) is 11.1. The maximum atomic E-state index is 13.5. The first kappa shape index (κ1) is 29.6. The molecule has 3 aliphatic carbocycles. The Hall–Kier alpha value is -2.35. The molecule has 6 atom stereocenters. The number of ether oxygens (including phenoxy) is 4. The smallest absolute Gasteiger partial charge is 0.405 e. The van der Waals surface area contributed by atoms with Gasteiger partial charge in [0, 0.05) is 12.3 Å². The van der Waals surface area contributed by atoms with E-state index in [1.807, 2.05) is 0 Å². The third-order valence-corrected chi connectivity index (χ3v) is 9.58. The van der Waals surface area contributed by atoms with E-state index in [4.69, 9.17) is 18.8 Å². The fourth-order valence-electron chi connectivity index (χ4n) is 6.61. The molecule has 14 heteroatoms. The van der Waals surface area contributed by atoms with E-state index in [1.165, 1.54) is 6.42 Å². The molecule has 4 aliphatic rings. The Morgan fingerprint density at radius 3 is 2.33 bits per heavy atom. The van der Waals surface area contributed by atoms with E-state index >= 15 is 0 Å². The number of halogens is 2. The highest BCUT2D eigenvalue weighted by atomic mass is 32.2. The molecule has 0 aromatic rings. The van der Waals surface area contributed by atoms with Crippen LogP contribution in [0.25, 0.3) is 0 Å². The van der Waals surface area contributed by atoms with Gasteiger partial charge in [-0.3, -0.25) is 14.1 Å². The highest BCUT2D eigenvalue weighted by Gasteiger charge is 2.55. The maximum absolute atomic E-state index is 13.5. The summed E-state index contributed by atoms with van der Waals surface area (Å²) in [6, 6.07) is 0. The van der Waals surface area contributed by atoms with Gasteiger partial charge >= 0.3 is 39.2 Å². The quantitative estimate of drug-likeness (QED) is 0.230. The van der Waals surface area contributed by atoms with Crippen molar-refractivity contribution in [1.82, 2.24) is 0 Å². The Bertz CT molecular complexity index is 1090. The van der Waals surface area contributed by atoms with Crippen molar-refractivity contribution >= 4 is 34.0 Å². The second-order valence-corrected chi connectivity index (χ2v) is 12.6. The monoisotopic (exact) mass is 580 g/mol. The van der Waals surface area contributed by atoms with Crippen molar-refractivity contribution in [2.75, 3.05) is 0 Å². The largest absolute Gasteiger partial charge is 0.456 e. The Morgan fingerprint density at radius 1 is 1.08 bits per heavy atom. The third-order valence-electron chi connectivity index (χ3n) is 8.56. The molecule has 1 heterocycles. The van der Waals surface area contributed by atoms with E-state index in [-0.39, 0.29) is 6.42 Å². The highest BCUT2D eigenvalue weighted by molar-refractivity contribution is 7.86. The lowest BCUT2D eigenvalue weighted by Crippen LogP contribution is -2.48. The number of rotatable bonds is 10. The first-order valence-corrected chi connectivity index (χ1v) is 14.8. The lowest BCUT2D eigenvalue weighted by molar-refractivity contribution is -0.187. The molecule has 220 valence electrons. The van der Waals surface area contributed by atoms with Crippen LogP contribution in [0.3, 0.4) is 0 Å². The first-order valence-electron chi connectivity index (χ1n) is 13.4. The van der Waals surface area contributed by atoms with Crippen molar-refractivity contribution in [3.8, 4) is 0 Å². The van der Waals surface area contributed by atoms with E-state index < -0.39 is 76.0 Å². The normalized spacial score (nSPS) is 30.9. The minimum Gasteiger partial charge on any atom is -0.456 e. The topological polar surface area (TPSA) is 160 Å². The summed E-state index contributed by atoms with van der Waals surface area (Å²) in [6.07, 6.45) is 2.26. The van der Waals surface area contributed by atoms with Crippen molar-refractivity contribution in [3.63, 3.8) is 0 Å². The van der Waals surface area contributed by atoms with Crippen molar-refractivity contribution in [2.24, 2.45) is 17.8 Å². The van der Waals surface area contributed by atoms with Crippen LogP contribution in [-0.4, -0.2) is 66.0 Å². The van der Waals surface area contributed by atoms with Crippen molar-refractivity contribution in [1.29, 1.82) is 0 Å². The van der Waals surface area contributed by atoms with Crippen molar-refractivity contribution < 1.29 is 59.9 Å². The van der Waals surface area contributed by atoms with E-state index in [1.54, 1.807) is 0 Å². The fourth-order valence-corrected chi connectivity index (χ4v) is 7.07. The summed E-state index contributed by atoms with van der Waals surface area (Å²) in [5, 5.41) is -4.74. The predicted octanol–water partition coefficient (Wildman–Crippen LogP) is 3.09. The number of fused-ring (bicyclic) bond motifs is 2. The number of hydrogen-bond donors (Lipinski definition) is 1. The second kappa shape index (κ2) is 11.3. The number of carbonyl (C=O) groups is 4. The highest BCUT2D eigenvalue weighted by Crippen LogP contribution is 2.56. The average molecular weight is 581 g/mol. The molecule has 0 aromatic carbocycles. The molecule has 11 nitrogen and oxygen atoms in total. The molecule has 4 fully saturated rings. The van der Waals surface area contributed by atoms with Gasteiger partial charge in [-0.2, -0.15) is 17.2 Å². The minimum atomic E-state index is -5.82. The predicted molar refractivity (Wildman–Crippen MR) is 127 cm³/mol. The van der Waals surface area contributed by atoms with Crippen molar-refractivity contribution in [3.05, 3.63) is 0 Å². The molecular weight excluding hydrogens is 546 g/mol. The summed E-state index contributed by atoms with van der Waals surface area (Å²) in [5.74, 6) is -2.50. The summed E-state index contributed by atoms with van der Waals surface area (Å²) in [6.45, 7) is 0.562. The molecule has 0 radical (unpaired) electrons. The third kappa shape index (κ3) is 6.36. The number of cyclic esters (lactones) is 1. The van der Waals surface area contributed by atoms with Gasteiger partial charge in [0.25, 0.3) is 0 Å². The molecule has 0 aromatic heterocycles. The van der Waals surface area contributed by atoms with Crippen LogP contribution in [0, 0.1) is 17.8 Å². The Kier molecular flexibility index (Phi) is 8.56. The molecular formula is C25H34F2O11S. The van der Waals surface area contributed by atoms with Gasteiger partial charge in [0.1, 0.15) is 5.60 Å². The van der Waals surface area contributed by atoms with E-state index in [0.29, 0.717) is 24.7 Å². The summed E-state index contributed by atoms with van der Waals surface area (Å²) in [7, 11) is -5.82. The van der Waals surface area contributed by atoms with Gasteiger partial charge in [-0.25, -0.2) is 9.59 Å². The van der Waals surface area contributed by atoms with Gasteiger partial charge < -0.3 is 18.9 Å². The molecule has 0 amide bonds. The van der Waals surface area contributed by atoms with E-state index in [2.05, 4.69) is 4.74 Å². The van der Waals surface area contributed by atoms with Gasteiger partial charge in [0.2, 0.25) is 12.2 Å². The van der Waals surface area contributed by atoms with Gasteiger partial charge in [0.05, 0.1) is 12.8 Å². The van der Waals surface area contributed by atoms with Gasteiger partial charge in [-0.1, -0.05) is 12.8 Å². The molecule has 1 N–H and O–H groups in total. The standard InChI is InChI=1S/C25H34F2O11S/c1-14(25(26,27)39(32,33)34)35-20(28)7-8-21(29)36-18-13-19(37-22(18)30)23(31)38-24(9-3-2-4-10-24)17-12-15-5-6-16(17)11-15/h14-19H,2-13H2,1H3,(H,32,33,34). The van der Waals surface area contributed by atoms with Crippen LogP contribution >= 0.6 is 0 Å². The summed E-state index contributed by atoms with van der Waals surface area (Å²) in [5.41, 5.74) is -0.569. The number of alkyl halides is 2. The number of carbonyl (C=O) groups excluding carboxylic acids is 4. The van der Waals surface area contributed by atoms with Gasteiger partial charge in [-0.05, 0) is 63.7 Å². The number of esters is 4. The molecule has 1 aliphatic heterocycles. The SMILES string of the molecule is CC(OC(=O)CCC(=O)OC1CC(C(=O)OC2(C3CC4CCC3C4)CCCCC2)OC1=O)C(F)(F)S(=O)(=O)O. The molecule has 1 saturated heterocycles. The fraction of sp³-hybridized carbons (Fsp3) is 0.840. The van der Waals surface area contributed by atoms with Crippen LogP contribution < -0.4 is 0 Å². The van der Waals surface area contributed by atoms with Crippen LogP contribution in [0.5, 0.6) is 0 Å². The average Bonchev–Trinajstić information content (AvgIpc) is 3.59. The first-order chi connectivity index (χ1) is 18.2. The zero-order valence-corrected chi connectivity index (χ0v) is 22.5. The molecule has 3 saturated carbocycles. The van der Waals surface area contributed by atoms with Gasteiger partial charge in [0.15, 0.2) is 6.10 Å². The van der Waals surface area contributed by atoms with Crippen LogP contribution in [-0.2, 0) is 48.2 Å². The van der Waals surface area contributed by atoms with Crippen LogP contribution in [0.2, 0.25) is 0 Å². The van der Waals surface area contributed by atoms with Gasteiger partial charge in [-0.15, -0.1) is 0 Å². The minimum absolute atomic E-state index is 0.252. The van der Waals surface area contributed by atoms with Crippen molar-refractivity contribution in [2.45, 2.75) is 113 Å². The Labute approximate surface area is 225 Å². The van der Waals surface area contributed by atoms with E-state index in [9.17, 15) is 36.4 Å². The van der Waals surface area contributed by atoms with E-state index in [0.717, 1.165) is 51.4 Å². The summed E-state index contributed by atoms with van der Waals surface area (Å²) < 4.78 is 77.6. The zero-order valence-electron chi connectivity index (χ0n) is 21.6. The maximum Gasteiger partial charge on any atom is 0.405 e. The van der Waals surface area contributed by atoms with Crippen LogP contribution in [0.4, 0.5) is 8.78 Å². The number of hydrogen-bond acceptors (Lipinski definition) is 10. The molecule has 4 rings (SSSR count). The summed E-state index contributed by atoms with van der Waals surface area (Å²) in [4.78, 5) is 49.3. The summed E-state index contributed by atoms with van der Waals surface area (Å²) >= 11 is 0. The Morgan fingerprint density at radius 2 is 1.74 bits per heavy atom. The molecule has 39 heavy (non-hydrogen) atoms. The van der Waals surface area contributed by atoms with Crippen LogP contribution in [0.15, 0.2) is 0 Å². The molecule has 2 bridgehead atoms. The lowest BCUT2D eigenvalue weighted by atomic mass is 9.69. The molecule has 0 spiro atoms. The molecule has 6 unspecified atom stereocenters.